The predicted octanol–water partition coefficient (Wildman–Crippen LogP) is 8.42. The van der Waals surface area contributed by atoms with Crippen LogP contribution in [0.3, 0.4) is 0 Å². The number of para-hydroxylation sites is 2. The third-order valence-electron chi connectivity index (χ3n) is 6.67. The molecular formula is C32H20N2. The van der Waals surface area contributed by atoms with E-state index in [1.165, 1.54) is 32.7 Å². The number of nitrogens with zero attached hydrogens (tertiary/aromatic N) is 2. The van der Waals surface area contributed by atoms with E-state index in [1.807, 2.05) is 12.3 Å². The zero-order valence-electron chi connectivity index (χ0n) is 18.4. The van der Waals surface area contributed by atoms with Crippen LogP contribution in [0.1, 0.15) is 0 Å². The number of benzene rings is 5. The normalized spacial score (nSPS) is 11.5. The van der Waals surface area contributed by atoms with Gasteiger partial charge in [-0.15, -0.1) is 0 Å². The highest BCUT2D eigenvalue weighted by Crippen LogP contribution is 2.39. The van der Waals surface area contributed by atoms with Gasteiger partial charge in [0.05, 0.1) is 16.6 Å². The smallest absolute Gasteiger partial charge is 0.0794 e. The van der Waals surface area contributed by atoms with Gasteiger partial charge in [-0.2, -0.15) is 0 Å². The van der Waals surface area contributed by atoms with Gasteiger partial charge in [0.25, 0.3) is 0 Å². The van der Waals surface area contributed by atoms with Crippen molar-refractivity contribution in [3.8, 4) is 22.3 Å². The summed E-state index contributed by atoms with van der Waals surface area (Å²) in [6.45, 7) is 0. The van der Waals surface area contributed by atoms with Gasteiger partial charge in [0, 0.05) is 38.9 Å². The number of aromatic nitrogens is 2. The average molecular weight is 433 g/mol. The van der Waals surface area contributed by atoms with Gasteiger partial charge in [0.2, 0.25) is 0 Å². The van der Waals surface area contributed by atoms with Crippen molar-refractivity contribution in [2.45, 2.75) is 0 Å². The fourth-order valence-electron chi connectivity index (χ4n) is 5.12. The van der Waals surface area contributed by atoms with Crippen LogP contribution in [0.15, 0.2) is 121 Å². The molecule has 34 heavy (non-hydrogen) atoms. The zero-order chi connectivity index (χ0) is 22.5. The van der Waals surface area contributed by atoms with Crippen molar-refractivity contribution >= 4 is 43.5 Å². The van der Waals surface area contributed by atoms with E-state index in [1.54, 1.807) is 0 Å². The van der Waals surface area contributed by atoms with E-state index in [0.717, 1.165) is 33.1 Å². The zero-order valence-corrected chi connectivity index (χ0v) is 18.4. The van der Waals surface area contributed by atoms with Crippen LogP contribution in [0.25, 0.3) is 65.7 Å². The summed E-state index contributed by atoms with van der Waals surface area (Å²) >= 11 is 0. The van der Waals surface area contributed by atoms with E-state index >= 15 is 0 Å². The van der Waals surface area contributed by atoms with Crippen molar-refractivity contribution in [2.75, 3.05) is 0 Å². The summed E-state index contributed by atoms with van der Waals surface area (Å²) in [6, 6.07) is 40.7. The molecule has 0 atom stereocenters. The molecular weight excluding hydrogens is 412 g/mol. The topological polar surface area (TPSA) is 25.8 Å². The number of hydrogen-bond donors (Lipinski definition) is 0. The van der Waals surface area contributed by atoms with Crippen molar-refractivity contribution < 1.29 is 0 Å². The monoisotopic (exact) mass is 432 g/mol. The van der Waals surface area contributed by atoms with Gasteiger partial charge in [-0.3, -0.25) is 4.98 Å². The summed E-state index contributed by atoms with van der Waals surface area (Å²) in [5, 5.41) is 5.88. The molecule has 0 bridgehead atoms. The van der Waals surface area contributed by atoms with Crippen molar-refractivity contribution in [1.82, 2.24) is 9.97 Å². The molecule has 7 rings (SSSR count). The Hall–Kier alpha value is -4.56. The molecule has 7 aromatic rings. The minimum atomic E-state index is 1.01. The minimum absolute atomic E-state index is 1.01. The van der Waals surface area contributed by atoms with Crippen molar-refractivity contribution in [3.05, 3.63) is 121 Å². The molecule has 158 valence electrons. The Morgan fingerprint density at radius 1 is 0.471 bits per heavy atom. The molecule has 0 aliphatic heterocycles. The third kappa shape index (κ3) is 2.89. The highest BCUT2D eigenvalue weighted by Gasteiger charge is 2.14. The van der Waals surface area contributed by atoms with Crippen LogP contribution in [0.2, 0.25) is 0 Å². The highest BCUT2D eigenvalue weighted by atomic mass is 14.7. The maximum atomic E-state index is 5.10. The second-order valence-corrected chi connectivity index (χ2v) is 8.65. The molecule has 5 aromatic carbocycles. The standard InChI is InChI=1S/C32H20N2/c1-2-13-25-21(8-1)17-18-28-30(27-14-3-4-16-29(27)34-32(25)28)24-11-5-10-23(20-24)26-15-6-9-22-12-7-19-33-31(22)26/h1-20H. The molecule has 0 amide bonds. The lowest BCUT2D eigenvalue weighted by Crippen LogP contribution is -1.91. The summed E-state index contributed by atoms with van der Waals surface area (Å²) in [5.74, 6) is 0. The first-order valence-corrected chi connectivity index (χ1v) is 11.5. The van der Waals surface area contributed by atoms with Crippen LogP contribution in [0.4, 0.5) is 0 Å². The van der Waals surface area contributed by atoms with Crippen molar-refractivity contribution in [1.29, 1.82) is 0 Å². The predicted molar refractivity (Wildman–Crippen MR) is 143 cm³/mol. The molecule has 0 spiro atoms. The van der Waals surface area contributed by atoms with E-state index in [-0.39, 0.29) is 0 Å². The van der Waals surface area contributed by atoms with Crippen LogP contribution in [0.5, 0.6) is 0 Å². The minimum Gasteiger partial charge on any atom is -0.256 e. The molecule has 0 aliphatic rings. The molecule has 2 nitrogen and oxygen atoms in total. The summed E-state index contributed by atoms with van der Waals surface area (Å²) in [5.41, 5.74) is 7.80. The van der Waals surface area contributed by atoms with Gasteiger partial charge >= 0.3 is 0 Å². The summed E-state index contributed by atoms with van der Waals surface area (Å²) in [6.07, 6.45) is 1.87. The van der Waals surface area contributed by atoms with Crippen molar-refractivity contribution in [3.63, 3.8) is 0 Å². The van der Waals surface area contributed by atoms with Gasteiger partial charge in [-0.25, -0.2) is 4.98 Å². The quantitative estimate of drug-likeness (QED) is 0.202. The Morgan fingerprint density at radius 2 is 1.24 bits per heavy atom. The summed E-state index contributed by atoms with van der Waals surface area (Å²) in [7, 11) is 0. The Bertz CT molecular complexity index is 1860. The molecule has 0 N–H and O–H groups in total. The number of fused-ring (bicyclic) bond motifs is 5. The molecule has 2 heteroatoms. The Morgan fingerprint density at radius 3 is 2.21 bits per heavy atom. The molecule has 0 saturated heterocycles. The first-order valence-electron chi connectivity index (χ1n) is 11.5. The van der Waals surface area contributed by atoms with Crippen LogP contribution < -0.4 is 0 Å². The maximum Gasteiger partial charge on any atom is 0.0794 e. The summed E-state index contributed by atoms with van der Waals surface area (Å²) in [4.78, 5) is 9.79. The average Bonchev–Trinajstić information content (AvgIpc) is 2.91. The van der Waals surface area contributed by atoms with Gasteiger partial charge in [0.15, 0.2) is 0 Å². The second kappa shape index (κ2) is 7.50. The van der Waals surface area contributed by atoms with Crippen LogP contribution in [-0.2, 0) is 0 Å². The van der Waals surface area contributed by atoms with E-state index in [0.29, 0.717) is 0 Å². The van der Waals surface area contributed by atoms with E-state index in [2.05, 4.69) is 114 Å². The molecule has 0 aliphatic carbocycles. The van der Waals surface area contributed by atoms with Crippen LogP contribution >= 0.6 is 0 Å². The Balaban J connectivity index is 1.56. The fraction of sp³-hybridized carbons (Fsp3) is 0. The second-order valence-electron chi connectivity index (χ2n) is 8.65. The van der Waals surface area contributed by atoms with E-state index < -0.39 is 0 Å². The van der Waals surface area contributed by atoms with Gasteiger partial charge < -0.3 is 0 Å². The van der Waals surface area contributed by atoms with Gasteiger partial charge in [-0.05, 0) is 34.7 Å². The molecule has 0 radical (unpaired) electrons. The molecule has 0 fully saturated rings. The largest absolute Gasteiger partial charge is 0.256 e. The third-order valence-corrected chi connectivity index (χ3v) is 6.67. The van der Waals surface area contributed by atoms with Crippen LogP contribution in [-0.4, -0.2) is 9.97 Å². The van der Waals surface area contributed by atoms with E-state index in [4.69, 9.17) is 4.98 Å². The number of hydrogen-bond acceptors (Lipinski definition) is 2. The lowest BCUT2D eigenvalue weighted by atomic mass is 9.92. The van der Waals surface area contributed by atoms with Crippen LogP contribution in [0, 0.1) is 0 Å². The SMILES string of the molecule is c1cc(-c2c3ccccc3nc3c2ccc2ccccc23)cc(-c2cccc3cccnc23)c1. The van der Waals surface area contributed by atoms with E-state index in [9.17, 15) is 0 Å². The molecule has 0 saturated carbocycles. The first-order chi connectivity index (χ1) is 16.9. The number of pyridine rings is 2. The molecule has 0 unspecified atom stereocenters. The maximum absolute atomic E-state index is 5.10. The fourth-order valence-corrected chi connectivity index (χ4v) is 5.12. The Labute approximate surface area is 197 Å². The van der Waals surface area contributed by atoms with Crippen molar-refractivity contribution in [2.24, 2.45) is 0 Å². The lowest BCUT2D eigenvalue weighted by Gasteiger charge is -2.14. The number of rotatable bonds is 2. The lowest BCUT2D eigenvalue weighted by molar-refractivity contribution is 1.41. The first kappa shape index (κ1) is 19.0. The molecule has 2 aromatic heterocycles. The molecule has 2 heterocycles. The Kier molecular flexibility index (Phi) is 4.18. The summed E-state index contributed by atoms with van der Waals surface area (Å²) < 4.78 is 0. The highest BCUT2D eigenvalue weighted by molar-refractivity contribution is 6.17. The van der Waals surface area contributed by atoms with Gasteiger partial charge in [0.1, 0.15) is 0 Å². The van der Waals surface area contributed by atoms with Gasteiger partial charge in [-0.1, -0.05) is 97.1 Å².